The lowest BCUT2D eigenvalue weighted by atomic mass is 10.3. The van der Waals surface area contributed by atoms with Crippen LogP contribution in [0, 0.1) is 13.8 Å². The summed E-state index contributed by atoms with van der Waals surface area (Å²) in [5, 5.41) is 4.73. The molecule has 126 valence electrons. The lowest BCUT2D eigenvalue weighted by Gasteiger charge is -2.12. The summed E-state index contributed by atoms with van der Waals surface area (Å²) in [5.41, 5.74) is 5.43. The highest BCUT2D eigenvalue weighted by Crippen LogP contribution is 2.25. The third-order valence-electron chi connectivity index (χ3n) is 3.61. The molecule has 0 saturated carbocycles. The summed E-state index contributed by atoms with van der Waals surface area (Å²) in [5.74, 6) is 0. The van der Waals surface area contributed by atoms with E-state index in [9.17, 15) is 13.2 Å². The van der Waals surface area contributed by atoms with E-state index in [1.54, 1.807) is 19.9 Å². The Morgan fingerprint density at radius 3 is 2.75 bits per heavy atom. The minimum Gasteiger partial charge on any atom is -0.339 e. The van der Waals surface area contributed by atoms with E-state index in [0.717, 1.165) is 10.2 Å². The zero-order chi connectivity index (χ0) is 17.3. The Kier molecular flexibility index (Phi) is 4.31. The van der Waals surface area contributed by atoms with Crippen LogP contribution < -0.4 is 5.43 Å². The number of aromatic nitrogens is 2. The average molecular weight is 352 g/mol. The highest BCUT2D eigenvalue weighted by molar-refractivity contribution is 7.22. The van der Waals surface area contributed by atoms with Crippen molar-refractivity contribution in [2.75, 3.05) is 5.43 Å². The van der Waals surface area contributed by atoms with Crippen LogP contribution in [0.15, 0.2) is 35.4 Å². The third kappa shape index (κ3) is 3.59. The van der Waals surface area contributed by atoms with Crippen LogP contribution in [0.4, 0.5) is 18.3 Å². The van der Waals surface area contributed by atoms with Crippen LogP contribution in [0.5, 0.6) is 0 Å². The number of nitrogens with zero attached hydrogens (tertiary/aromatic N) is 3. The summed E-state index contributed by atoms with van der Waals surface area (Å²) in [6, 6.07) is 9.40. The second kappa shape index (κ2) is 6.27. The number of para-hydroxylation sites is 1. The van der Waals surface area contributed by atoms with Gasteiger partial charge in [0.2, 0.25) is 5.13 Å². The first kappa shape index (κ1) is 16.5. The number of hydrogen-bond acceptors (Lipinski definition) is 4. The monoisotopic (exact) mass is 352 g/mol. The van der Waals surface area contributed by atoms with E-state index in [4.69, 9.17) is 0 Å². The van der Waals surface area contributed by atoms with Crippen LogP contribution in [0.3, 0.4) is 0 Å². The highest BCUT2D eigenvalue weighted by atomic mass is 32.1. The summed E-state index contributed by atoms with van der Waals surface area (Å²) >= 11 is 1.46. The maximum absolute atomic E-state index is 12.6. The van der Waals surface area contributed by atoms with Gasteiger partial charge in [0.15, 0.2) is 0 Å². The number of anilines is 1. The van der Waals surface area contributed by atoms with Gasteiger partial charge >= 0.3 is 6.18 Å². The second-order valence-electron chi connectivity index (χ2n) is 5.38. The van der Waals surface area contributed by atoms with Crippen molar-refractivity contribution in [3.63, 3.8) is 0 Å². The standard InChI is InChI=1S/C16H15F3N4S/c1-10-7-12(11(2)23(10)9-16(17,18)19)8-20-22-15-21-13-5-3-4-6-14(13)24-15/h3-8H,9H2,1-2H3,(H,21,22)/b20-8-. The van der Waals surface area contributed by atoms with Gasteiger partial charge < -0.3 is 4.57 Å². The molecule has 4 nitrogen and oxygen atoms in total. The van der Waals surface area contributed by atoms with Gasteiger partial charge in [-0.15, -0.1) is 0 Å². The van der Waals surface area contributed by atoms with Gasteiger partial charge in [-0.3, -0.25) is 5.43 Å². The largest absolute Gasteiger partial charge is 0.406 e. The SMILES string of the molecule is Cc1cc(/C=N\Nc2nc3ccccc3s2)c(C)n1CC(F)(F)F. The molecule has 0 amide bonds. The Morgan fingerprint density at radius 1 is 1.29 bits per heavy atom. The molecule has 2 aromatic heterocycles. The predicted molar refractivity (Wildman–Crippen MR) is 90.8 cm³/mol. The van der Waals surface area contributed by atoms with Crippen molar-refractivity contribution in [3.05, 3.63) is 47.3 Å². The quantitative estimate of drug-likeness (QED) is 0.545. The fourth-order valence-electron chi connectivity index (χ4n) is 2.46. The molecule has 0 unspecified atom stereocenters. The Morgan fingerprint density at radius 2 is 2.04 bits per heavy atom. The molecule has 0 spiro atoms. The molecule has 1 aromatic carbocycles. The van der Waals surface area contributed by atoms with Gasteiger partial charge in [0.05, 0.1) is 16.4 Å². The first-order valence-corrected chi connectivity index (χ1v) is 8.03. The minimum atomic E-state index is -4.25. The predicted octanol–water partition coefficient (Wildman–Crippen LogP) is 4.72. The fraction of sp³-hybridized carbons (Fsp3) is 0.250. The number of thiazole rings is 1. The second-order valence-corrected chi connectivity index (χ2v) is 6.42. The summed E-state index contributed by atoms with van der Waals surface area (Å²) in [7, 11) is 0. The van der Waals surface area contributed by atoms with Gasteiger partial charge in [-0.25, -0.2) is 4.98 Å². The summed E-state index contributed by atoms with van der Waals surface area (Å²) < 4.78 is 40.1. The molecule has 0 aliphatic carbocycles. The van der Waals surface area contributed by atoms with Gasteiger partial charge in [-0.2, -0.15) is 18.3 Å². The molecule has 2 heterocycles. The van der Waals surface area contributed by atoms with Gasteiger partial charge in [0, 0.05) is 17.0 Å². The van der Waals surface area contributed by atoms with Crippen molar-refractivity contribution in [3.8, 4) is 0 Å². The van der Waals surface area contributed by atoms with Crippen LogP contribution in [-0.2, 0) is 6.54 Å². The molecule has 8 heteroatoms. The smallest absolute Gasteiger partial charge is 0.339 e. The van der Waals surface area contributed by atoms with Crippen LogP contribution in [0.25, 0.3) is 10.2 Å². The van der Waals surface area contributed by atoms with Crippen molar-refractivity contribution >= 4 is 32.9 Å². The first-order chi connectivity index (χ1) is 11.3. The topological polar surface area (TPSA) is 42.2 Å². The lowest BCUT2D eigenvalue weighted by molar-refractivity contribution is -0.141. The minimum absolute atomic E-state index is 0.527. The van der Waals surface area contributed by atoms with Crippen LogP contribution in [0.1, 0.15) is 17.0 Å². The van der Waals surface area contributed by atoms with Gasteiger partial charge in [-0.05, 0) is 32.0 Å². The molecule has 24 heavy (non-hydrogen) atoms. The Bertz CT molecular complexity index is 859. The number of rotatable bonds is 4. The number of hydrogen-bond donors (Lipinski definition) is 1. The number of hydrazone groups is 1. The molecule has 3 rings (SSSR count). The van der Waals surface area contributed by atoms with Gasteiger partial charge in [0.25, 0.3) is 0 Å². The normalized spacial score (nSPS) is 12.4. The molecule has 3 aromatic rings. The molecule has 0 fully saturated rings. The van der Waals surface area contributed by atoms with Crippen molar-refractivity contribution in [2.24, 2.45) is 5.10 Å². The zero-order valence-electron chi connectivity index (χ0n) is 13.1. The maximum Gasteiger partial charge on any atom is 0.406 e. The molecule has 0 aliphatic rings. The molecular formula is C16H15F3N4S. The fourth-order valence-corrected chi connectivity index (χ4v) is 3.27. The number of halogens is 3. The van der Waals surface area contributed by atoms with Crippen molar-refractivity contribution in [2.45, 2.75) is 26.6 Å². The number of fused-ring (bicyclic) bond motifs is 1. The number of alkyl halides is 3. The number of nitrogens with one attached hydrogen (secondary N) is 1. The zero-order valence-corrected chi connectivity index (χ0v) is 13.9. The number of aryl methyl sites for hydroxylation is 1. The van der Waals surface area contributed by atoms with Crippen LogP contribution in [-0.4, -0.2) is 21.9 Å². The molecule has 0 saturated heterocycles. The van der Waals surface area contributed by atoms with Gasteiger partial charge in [0.1, 0.15) is 6.54 Å². The molecule has 0 bridgehead atoms. The summed E-state index contributed by atoms with van der Waals surface area (Å²) in [6.07, 6.45) is -2.73. The van der Waals surface area contributed by atoms with E-state index in [-0.39, 0.29) is 0 Å². The summed E-state index contributed by atoms with van der Waals surface area (Å²) in [6.45, 7) is 2.30. The van der Waals surface area contributed by atoms with Crippen LogP contribution in [0.2, 0.25) is 0 Å². The Hall–Kier alpha value is -2.35. The van der Waals surface area contributed by atoms with E-state index in [1.807, 2.05) is 24.3 Å². The molecule has 0 atom stereocenters. The van der Waals surface area contributed by atoms with E-state index >= 15 is 0 Å². The third-order valence-corrected chi connectivity index (χ3v) is 4.55. The first-order valence-electron chi connectivity index (χ1n) is 7.21. The van der Waals surface area contributed by atoms with E-state index in [2.05, 4.69) is 15.5 Å². The van der Waals surface area contributed by atoms with Crippen molar-refractivity contribution in [1.29, 1.82) is 0 Å². The lowest BCUT2D eigenvalue weighted by Crippen LogP contribution is -2.19. The van der Waals surface area contributed by atoms with E-state index in [0.29, 0.717) is 22.1 Å². The molecule has 0 radical (unpaired) electrons. The van der Waals surface area contributed by atoms with Crippen molar-refractivity contribution in [1.82, 2.24) is 9.55 Å². The molecule has 1 N–H and O–H groups in total. The van der Waals surface area contributed by atoms with Crippen LogP contribution >= 0.6 is 11.3 Å². The maximum atomic E-state index is 12.6. The van der Waals surface area contributed by atoms with E-state index < -0.39 is 12.7 Å². The average Bonchev–Trinajstić information content (AvgIpc) is 3.02. The Labute approximate surface area is 140 Å². The Balaban J connectivity index is 1.76. The van der Waals surface area contributed by atoms with E-state index in [1.165, 1.54) is 22.1 Å². The van der Waals surface area contributed by atoms with Crippen molar-refractivity contribution < 1.29 is 13.2 Å². The molecular weight excluding hydrogens is 337 g/mol. The highest BCUT2D eigenvalue weighted by Gasteiger charge is 2.29. The van der Waals surface area contributed by atoms with Gasteiger partial charge in [-0.1, -0.05) is 23.5 Å². The number of benzene rings is 1. The summed E-state index contributed by atoms with van der Waals surface area (Å²) in [4.78, 5) is 4.38. The molecule has 0 aliphatic heterocycles.